The van der Waals surface area contributed by atoms with Crippen LogP contribution in [0.5, 0.6) is 5.75 Å². The van der Waals surface area contributed by atoms with Gasteiger partial charge in [0.15, 0.2) is 0 Å². The molecule has 0 saturated carbocycles. The monoisotopic (exact) mass is 364 g/mol. The maximum atomic E-state index is 12.2. The average molecular weight is 364 g/mol. The number of carbonyl (C=O) groups is 2. The molecule has 1 saturated heterocycles. The van der Waals surface area contributed by atoms with Crippen molar-refractivity contribution in [2.45, 2.75) is 45.4 Å². The number of hydrogen-bond donors (Lipinski definition) is 2. The third-order valence-electron chi connectivity index (χ3n) is 4.28. The first-order valence-corrected chi connectivity index (χ1v) is 8.76. The first-order valence-electron chi connectivity index (χ1n) is 8.76. The van der Waals surface area contributed by atoms with Gasteiger partial charge in [0.05, 0.1) is 13.0 Å². The minimum absolute atomic E-state index is 0.139. The predicted molar refractivity (Wildman–Crippen MR) is 97.2 cm³/mol. The third kappa shape index (κ3) is 5.62. The molecule has 0 bridgehead atoms. The highest BCUT2D eigenvalue weighted by Gasteiger charge is 2.37. The standard InChI is InChI=1S/C19H28N2O5/c1-19(2,3)26-18(24)21-9-8-16(15(12-21)17(22)23)20-11-13-6-5-7-14(10-13)25-4/h5-7,10,15-16,20H,8-9,11-12H2,1-4H3,(H,22,23). The first-order chi connectivity index (χ1) is 12.2. The van der Waals surface area contributed by atoms with Gasteiger partial charge in [-0.2, -0.15) is 0 Å². The van der Waals surface area contributed by atoms with E-state index < -0.39 is 23.6 Å². The summed E-state index contributed by atoms with van der Waals surface area (Å²) >= 11 is 0. The first kappa shape index (κ1) is 20.0. The molecule has 1 aliphatic rings. The summed E-state index contributed by atoms with van der Waals surface area (Å²) in [4.78, 5) is 25.4. The Morgan fingerprint density at radius 2 is 2.08 bits per heavy atom. The Labute approximate surface area is 154 Å². The number of nitrogens with zero attached hydrogens (tertiary/aromatic N) is 1. The van der Waals surface area contributed by atoms with E-state index >= 15 is 0 Å². The van der Waals surface area contributed by atoms with Gasteiger partial charge in [0.25, 0.3) is 0 Å². The number of likely N-dealkylation sites (tertiary alicyclic amines) is 1. The Bertz CT molecular complexity index is 641. The molecule has 1 heterocycles. The van der Waals surface area contributed by atoms with E-state index in [9.17, 15) is 14.7 Å². The highest BCUT2D eigenvalue weighted by molar-refractivity contribution is 5.74. The van der Waals surface area contributed by atoms with Gasteiger partial charge in [0.1, 0.15) is 11.4 Å². The van der Waals surface area contributed by atoms with Crippen LogP contribution in [0.4, 0.5) is 4.79 Å². The summed E-state index contributed by atoms with van der Waals surface area (Å²) in [5.41, 5.74) is 0.417. The van der Waals surface area contributed by atoms with Gasteiger partial charge in [0.2, 0.25) is 0 Å². The van der Waals surface area contributed by atoms with E-state index in [0.29, 0.717) is 19.5 Å². The minimum Gasteiger partial charge on any atom is -0.497 e. The molecule has 1 aliphatic heterocycles. The molecule has 144 valence electrons. The van der Waals surface area contributed by atoms with Crippen molar-refractivity contribution in [1.29, 1.82) is 0 Å². The number of carboxylic acid groups (broad SMARTS) is 1. The van der Waals surface area contributed by atoms with Crippen LogP contribution in [0.1, 0.15) is 32.8 Å². The summed E-state index contributed by atoms with van der Waals surface area (Å²) in [6.07, 6.45) is 0.0928. The number of hydrogen-bond acceptors (Lipinski definition) is 5. The van der Waals surface area contributed by atoms with Crippen LogP contribution in [0.2, 0.25) is 0 Å². The van der Waals surface area contributed by atoms with Crippen LogP contribution in [0.15, 0.2) is 24.3 Å². The van der Waals surface area contributed by atoms with Crippen molar-refractivity contribution in [2.75, 3.05) is 20.2 Å². The van der Waals surface area contributed by atoms with Crippen LogP contribution in [0.3, 0.4) is 0 Å². The Morgan fingerprint density at radius 1 is 1.35 bits per heavy atom. The van der Waals surface area contributed by atoms with Crippen LogP contribution in [-0.2, 0) is 16.1 Å². The number of piperidine rings is 1. The Morgan fingerprint density at radius 3 is 2.69 bits per heavy atom. The van der Waals surface area contributed by atoms with E-state index in [1.165, 1.54) is 4.90 Å². The summed E-state index contributed by atoms with van der Waals surface area (Å²) < 4.78 is 10.6. The molecule has 7 nitrogen and oxygen atoms in total. The van der Waals surface area contributed by atoms with E-state index in [2.05, 4.69) is 5.32 Å². The number of nitrogens with one attached hydrogen (secondary N) is 1. The average Bonchev–Trinajstić information content (AvgIpc) is 2.58. The number of carboxylic acids is 1. The van der Waals surface area contributed by atoms with Crippen molar-refractivity contribution < 1.29 is 24.2 Å². The summed E-state index contributed by atoms with van der Waals surface area (Å²) in [7, 11) is 1.61. The Balaban J connectivity index is 1.97. The van der Waals surface area contributed by atoms with Gasteiger partial charge >= 0.3 is 12.1 Å². The summed E-state index contributed by atoms with van der Waals surface area (Å²) in [5.74, 6) is -0.831. The number of carbonyl (C=O) groups excluding carboxylic acids is 1. The fourth-order valence-corrected chi connectivity index (χ4v) is 2.97. The van der Waals surface area contributed by atoms with Gasteiger partial charge in [-0.1, -0.05) is 12.1 Å². The molecule has 0 aromatic heterocycles. The zero-order valence-electron chi connectivity index (χ0n) is 15.8. The van der Waals surface area contributed by atoms with Crippen molar-refractivity contribution >= 4 is 12.1 Å². The second-order valence-electron chi connectivity index (χ2n) is 7.50. The largest absolute Gasteiger partial charge is 0.497 e. The number of methoxy groups -OCH3 is 1. The molecule has 26 heavy (non-hydrogen) atoms. The van der Waals surface area contributed by atoms with Crippen molar-refractivity contribution in [3.63, 3.8) is 0 Å². The third-order valence-corrected chi connectivity index (χ3v) is 4.28. The van der Waals surface area contributed by atoms with E-state index in [-0.39, 0.29) is 12.6 Å². The van der Waals surface area contributed by atoms with Crippen LogP contribution in [0.25, 0.3) is 0 Å². The smallest absolute Gasteiger partial charge is 0.410 e. The number of benzene rings is 1. The zero-order valence-corrected chi connectivity index (χ0v) is 15.8. The predicted octanol–water partition coefficient (Wildman–Crippen LogP) is 2.50. The van der Waals surface area contributed by atoms with Gasteiger partial charge < -0.3 is 24.8 Å². The quantitative estimate of drug-likeness (QED) is 0.835. The van der Waals surface area contributed by atoms with Crippen LogP contribution in [0, 0.1) is 5.92 Å². The molecule has 1 fully saturated rings. The van der Waals surface area contributed by atoms with Crippen molar-refractivity contribution in [2.24, 2.45) is 5.92 Å². The molecule has 0 aliphatic carbocycles. The van der Waals surface area contributed by atoms with Gasteiger partial charge in [0, 0.05) is 25.7 Å². The lowest BCUT2D eigenvalue weighted by atomic mass is 9.92. The second-order valence-corrected chi connectivity index (χ2v) is 7.50. The van der Waals surface area contributed by atoms with Crippen molar-refractivity contribution in [3.05, 3.63) is 29.8 Å². The maximum absolute atomic E-state index is 12.2. The van der Waals surface area contributed by atoms with Crippen LogP contribution in [-0.4, -0.2) is 53.9 Å². The van der Waals surface area contributed by atoms with E-state index in [1.54, 1.807) is 27.9 Å². The lowest BCUT2D eigenvalue weighted by Crippen LogP contribution is -2.54. The minimum atomic E-state index is -0.915. The van der Waals surface area contributed by atoms with Gasteiger partial charge in [-0.3, -0.25) is 4.79 Å². The molecule has 1 aromatic carbocycles. The van der Waals surface area contributed by atoms with Crippen LogP contribution < -0.4 is 10.1 Å². The molecular formula is C19H28N2O5. The zero-order chi connectivity index (χ0) is 19.3. The van der Waals surface area contributed by atoms with Crippen molar-refractivity contribution in [3.8, 4) is 5.75 Å². The Kier molecular flexibility index (Phi) is 6.47. The van der Waals surface area contributed by atoms with Gasteiger partial charge in [-0.25, -0.2) is 4.79 Å². The van der Waals surface area contributed by atoms with Gasteiger partial charge in [-0.15, -0.1) is 0 Å². The highest BCUT2D eigenvalue weighted by atomic mass is 16.6. The number of amides is 1. The SMILES string of the molecule is COc1cccc(CNC2CCN(C(=O)OC(C)(C)C)CC2C(=O)O)c1. The lowest BCUT2D eigenvalue weighted by Gasteiger charge is -2.37. The number of ether oxygens (including phenoxy) is 2. The van der Waals surface area contributed by atoms with Crippen LogP contribution >= 0.6 is 0 Å². The van der Waals surface area contributed by atoms with Crippen molar-refractivity contribution in [1.82, 2.24) is 10.2 Å². The van der Waals surface area contributed by atoms with E-state index in [4.69, 9.17) is 9.47 Å². The molecular weight excluding hydrogens is 336 g/mol. The summed E-state index contributed by atoms with van der Waals surface area (Å²) in [5, 5.41) is 12.9. The van der Waals surface area contributed by atoms with E-state index in [1.807, 2.05) is 24.3 Å². The second kappa shape index (κ2) is 8.40. The fraction of sp³-hybridized carbons (Fsp3) is 0.579. The molecule has 0 spiro atoms. The highest BCUT2D eigenvalue weighted by Crippen LogP contribution is 2.21. The molecule has 2 N–H and O–H groups in total. The fourth-order valence-electron chi connectivity index (χ4n) is 2.97. The molecule has 2 unspecified atom stereocenters. The topological polar surface area (TPSA) is 88.1 Å². The number of aliphatic carboxylic acids is 1. The number of rotatable bonds is 5. The molecule has 1 aromatic rings. The maximum Gasteiger partial charge on any atom is 0.410 e. The van der Waals surface area contributed by atoms with Gasteiger partial charge in [-0.05, 0) is 44.9 Å². The molecule has 0 radical (unpaired) electrons. The van der Waals surface area contributed by atoms with E-state index in [0.717, 1.165) is 11.3 Å². The molecule has 1 amide bonds. The molecule has 2 rings (SSSR count). The Hall–Kier alpha value is -2.28. The summed E-state index contributed by atoms with van der Waals surface area (Å²) in [6.45, 7) is 6.53. The lowest BCUT2D eigenvalue weighted by molar-refractivity contribution is -0.144. The molecule has 2 atom stereocenters. The normalized spacial score (nSPS) is 20.5. The molecule has 7 heteroatoms. The summed E-state index contributed by atoms with van der Waals surface area (Å²) in [6, 6.07) is 7.43.